The average Bonchev–Trinajstić information content (AvgIpc) is 2.75. The number of nitrogens with one attached hydrogen (secondary N) is 2. The lowest BCUT2D eigenvalue weighted by Gasteiger charge is -2.30. The third-order valence-corrected chi connectivity index (χ3v) is 5.80. The Morgan fingerprint density at radius 3 is 2.48 bits per heavy atom. The van der Waals surface area contributed by atoms with Crippen molar-refractivity contribution >= 4 is 48.3 Å². The molecule has 1 atom stereocenters. The van der Waals surface area contributed by atoms with Gasteiger partial charge < -0.3 is 5.32 Å². The topological polar surface area (TPSA) is 101 Å². The lowest BCUT2D eigenvalue weighted by molar-refractivity contribution is -0.114. The van der Waals surface area contributed by atoms with Crippen LogP contribution < -0.4 is 10.0 Å². The number of carbonyl (C=O) groups is 1. The van der Waals surface area contributed by atoms with Gasteiger partial charge in [-0.25, -0.2) is 13.1 Å². The van der Waals surface area contributed by atoms with E-state index in [4.69, 9.17) is 0 Å². The van der Waals surface area contributed by atoms with E-state index >= 15 is 0 Å². The normalized spacial score (nSPS) is 14.0. The van der Waals surface area contributed by atoms with Crippen LogP contribution in [0.25, 0.3) is 0 Å². The van der Waals surface area contributed by atoms with Crippen molar-refractivity contribution in [3.63, 3.8) is 0 Å². The molecular weight excluding hydrogens is 380 g/mol. The summed E-state index contributed by atoms with van der Waals surface area (Å²) in [6, 6.07) is -0.241. The molecule has 1 rings (SSSR count). The molecule has 0 aromatic carbocycles. The van der Waals surface area contributed by atoms with Crippen LogP contribution in [0.3, 0.4) is 0 Å². The molecule has 120 valence electrons. The predicted molar refractivity (Wildman–Crippen MR) is 86.2 cm³/mol. The first-order valence-electron chi connectivity index (χ1n) is 6.25. The molecule has 0 radical (unpaired) electrons. The van der Waals surface area contributed by atoms with Gasteiger partial charge in [0.2, 0.25) is 15.4 Å². The highest BCUT2D eigenvalue weighted by Crippen LogP contribution is 2.26. The van der Waals surface area contributed by atoms with Gasteiger partial charge in [-0.3, -0.25) is 4.79 Å². The van der Waals surface area contributed by atoms with E-state index in [2.05, 4.69) is 36.2 Å². The Balaban J connectivity index is 2.94. The summed E-state index contributed by atoms with van der Waals surface area (Å²) in [6.07, 6.45) is 0.653. The van der Waals surface area contributed by atoms with Gasteiger partial charge in [-0.15, -0.1) is 10.2 Å². The molecule has 0 aliphatic carbocycles. The van der Waals surface area contributed by atoms with Crippen molar-refractivity contribution < 1.29 is 13.2 Å². The average molecular weight is 399 g/mol. The smallest absolute Gasteiger partial charge is 0.270 e. The summed E-state index contributed by atoms with van der Waals surface area (Å²) < 4.78 is 27.2. The van der Waals surface area contributed by atoms with Crippen molar-refractivity contribution in [3.05, 3.63) is 0 Å². The number of anilines is 1. The minimum Gasteiger partial charge on any atom is -0.301 e. The number of halogens is 1. The van der Waals surface area contributed by atoms with Gasteiger partial charge in [0, 0.05) is 18.3 Å². The van der Waals surface area contributed by atoms with E-state index in [-0.39, 0.29) is 26.8 Å². The molecule has 7 nitrogen and oxygen atoms in total. The van der Waals surface area contributed by atoms with Crippen molar-refractivity contribution in [2.75, 3.05) is 10.6 Å². The number of rotatable bonds is 6. The van der Waals surface area contributed by atoms with Crippen LogP contribution in [-0.2, 0) is 14.8 Å². The van der Waals surface area contributed by atoms with Crippen LogP contribution in [0.15, 0.2) is 4.34 Å². The first kappa shape index (κ1) is 18.5. The third-order valence-electron chi connectivity index (χ3n) is 2.66. The van der Waals surface area contributed by atoms with Crippen molar-refractivity contribution in [1.82, 2.24) is 14.9 Å². The Bertz CT molecular complexity index is 595. The Hall–Kier alpha value is -0.580. The first-order valence-corrected chi connectivity index (χ1v) is 9.68. The highest BCUT2D eigenvalue weighted by atomic mass is 79.9. The maximum atomic E-state index is 12.3. The number of sulfonamides is 1. The lowest BCUT2D eigenvalue weighted by Crippen LogP contribution is -2.43. The monoisotopic (exact) mass is 398 g/mol. The second kappa shape index (κ2) is 7.12. The molecular formula is C11H19BrN4O3S2. The second-order valence-corrected chi connectivity index (χ2v) is 9.23. The molecule has 1 heterocycles. The molecule has 2 N–H and O–H groups in total. The number of amides is 1. The Morgan fingerprint density at radius 1 is 1.38 bits per heavy atom. The largest absolute Gasteiger partial charge is 0.301 e. The predicted octanol–water partition coefficient (Wildman–Crippen LogP) is 1.97. The zero-order chi connectivity index (χ0) is 16.3. The van der Waals surface area contributed by atoms with Gasteiger partial charge in [0.15, 0.2) is 0 Å². The van der Waals surface area contributed by atoms with E-state index in [1.54, 1.807) is 0 Å². The first-order chi connectivity index (χ1) is 9.56. The van der Waals surface area contributed by atoms with Crippen LogP contribution >= 0.6 is 27.3 Å². The maximum absolute atomic E-state index is 12.3. The fraction of sp³-hybridized carbons (Fsp3) is 0.727. The highest BCUT2D eigenvalue weighted by molar-refractivity contribution is 9.09. The third kappa shape index (κ3) is 5.61. The summed E-state index contributed by atoms with van der Waals surface area (Å²) in [4.78, 5) is 10.9. The molecule has 0 spiro atoms. The molecule has 10 heteroatoms. The quantitative estimate of drug-likeness (QED) is 0.563. The molecule has 0 bridgehead atoms. The molecule has 1 aromatic heterocycles. The minimum atomic E-state index is -3.76. The van der Waals surface area contributed by atoms with Crippen LogP contribution in [0.2, 0.25) is 0 Å². The number of hydrogen-bond donors (Lipinski definition) is 2. The number of carbonyl (C=O) groups excluding carboxylic acids is 1. The van der Waals surface area contributed by atoms with E-state index < -0.39 is 10.0 Å². The lowest BCUT2D eigenvalue weighted by atomic mass is 9.86. The van der Waals surface area contributed by atoms with Gasteiger partial charge in [-0.2, -0.15) is 0 Å². The second-order valence-electron chi connectivity index (χ2n) is 5.57. The molecule has 0 aliphatic rings. The van der Waals surface area contributed by atoms with Gasteiger partial charge >= 0.3 is 0 Å². The van der Waals surface area contributed by atoms with E-state index in [0.717, 1.165) is 11.3 Å². The molecule has 1 aromatic rings. The van der Waals surface area contributed by atoms with E-state index in [1.807, 2.05) is 20.8 Å². The summed E-state index contributed by atoms with van der Waals surface area (Å²) in [7, 11) is -3.76. The fourth-order valence-electron chi connectivity index (χ4n) is 1.53. The van der Waals surface area contributed by atoms with Gasteiger partial charge in [0.1, 0.15) is 0 Å². The Morgan fingerprint density at radius 2 is 2.00 bits per heavy atom. The van der Waals surface area contributed by atoms with Crippen molar-refractivity contribution in [2.45, 2.75) is 44.5 Å². The Labute approximate surface area is 137 Å². The van der Waals surface area contributed by atoms with Crippen molar-refractivity contribution in [1.29, 1.82) is 0 Å². The van der Waals surface area contributed by atoms with E-state index in [1.165, 1.54) is 6.92 Å². The standard InChI is InChI=1S/C11H19BrN4O3S2/c1-7(17)13-9-14-15-10(20-9)21(18,19)16-8(5-6-12)11(2,3)4/h8,16H,5-6H2,1-4H3,(H,13,14,17). The summed E-state index contributed by atoms with van der Waals surface area (Å²) >= 11 is 4.15. The van der Waals surface area contributed by atoms with Gasteiger partial charge in [-0.1, -0.05) is 48.0 Å². The number of aromatic nitrogens is 2. The van der Waals surface area contributed by atoms with Crippen molar-refractivity contribution in [3.8, 4) is 0 Å². The zero-order valence-corrected chi connectivity index (χ0v) is 15.5. The molecule has 0 saturated carbocycles. The van der Waals surface area contributed by atoms with Crippen LogP contribution in [0, 0.1) is 5.41 Å². The maximum Gasteiger partial charge on any atom is 0.270 e. The van der Waals surface area contributed by atoms with Gasteiger partial charge in [-0.05, 0) is 11.8 Å². The fourth-order valence-corrected chi connectivity index (χ4v) is 4.43. The number of hydrogen-bond acceptors (Lipinski definition) is 6. The summed E-state index contributed by atoms with van der Waals surface area (Å²) in [6.45, 7) is 7.21. The minimum absolute atomic E-state index is 0.157. The molecule has 0 aliphatic heterocycles. The molecule has 0 saturated heterocycles. The van der Waals surface area contributed by atoms with Crippen molar-refractivity contribution in [2.24, 2.45) is 5.41 Å². The highest BCUT2D eigenvalue weighted by Gasteiger charge is 2.31. The Kier molecular flexibility index (Phi) is 6.26. The SMILES string of the molecule is CC(=O)Nc1nnc(S(=O)(=O)NC(CCBr)C(C)(C)C)s1. The number of alkyl halides is 1. The van der Waals surface area contributed by atoms with Crippen LogP contribution in [0.1, 0.15) is 34.1 Å². The molecule has 21 heavy (non-hydrogen) atoms. The molecule has 0 fully saturated rings. The van der Waals surface area contributed by atoms with Crippen LogP contribution in [-0.4, -0.2) is 35.9 Å². The van der Waals surface area contributed by atoms with Crippen LogP contribution in [0.4, 0.5) is 5.13 Å². The van der Waals surface area contributed by atoms with Crippen LogP contribution in [0.5, 0.6) is 0 Å². The summed E-state index contributed by atoms with van der Waals surface area (Å²) in [5, 5.41) is 10.5. The van der Waals surface area contributed by atoms with Gasteiger partial charge in [0.05, 0.1) is 0 Å². The van der Waals surface area contributed by atoms with E-state index in [0.29, 0.717) is 11.8 Å². The summed E-state index contributed by atoms with van der Waals surface area (Å²) in [5.74, 6) is -0.324. The van der Waals surface area contributed by atoms with E-state index in [9.17, 15) is 13.2 Å². The molecule has 1 unspecified atom stereocenters. The molecule has 1 amide bonds. The zero-order valence-electron chi connectivity index (χ0n) is 12.3. The van der Waals surface area contributed by atoms with Gasteiger partial charge in [0.25, 0.3) is 10.0 Å². The number of nitrogens with zero attached hydrogens (tertiary/aromatic N) is 2. The summed E-state index contributed by atoms with van der Waals surface area (Å²) in [5.41, 5.74) is -0.230.